The molecule has 2 aromatic heterocycles. The van der Waals surface area contributed by atoms with Gasteiger partial charge in [-0.3, -0.25) is 0 Å². The Morgan fingerprint density at radius 2 is 2.12 bits per heavy atom. The second kappa shape index (κ2) is 3.86. The molecule has 0 N–H and O–H groups in total. The van der Waals surface area contributed by atoms with Crippen LogP contribution in [0.5, 0.6) is 0 Å². The molecule has 0 saturated heterocycles. The van der Waals surface area contributed by atoms with Crippen LogP contribution in [0.1, 0.15) is 4.88 Å². The van der Waals surface area contributed by atoms with Gasteiger partial charge in [-0.25, -0.2) is 4.98 Å². The molecular weight excluding hydrogens is 252 g/mol. The third-order valence-corrected chi connectivity index (χ3v) is 4.02. The fraction of sp³-hybridized carbons (Fsp3) is 0.154. The maximum Gasteiger partial charge on any atom is 0.141 e. The maximum absolute atomic E-state index is 6.02. The van der Waals surface area contributed by atoms with Crippen LogP contribution in [0.3, 0.4) is 0 Å². The Hall–Kier alpha value is -1.32. The summed E-state index contributed by atoms with van der Waals surface area (Å²) >= 11 is 7.76. The van der Waals surface area contributed by atoms with Gasteiger partial charge in [-0.2, -0.15) is 0 Å². The van der Waals surface area contributed by atoms with Crippen LogP contribution < -0.4 is 0 Å². The standard InChI is InChI=1S/C13H11ClN2S/c1-8-10(5-6-17-8)13-15-11-4-3-9(14)7-12(11)16(13)2/h3-7H,1-2H3. The van der Waals surface area contributed by atoms with Gasteiger partial charge in [0.05, 0.1) is 11.0 Å². The lowest BCUT2D eigenvalue weighted by atomic mass is 10.2. The van der Waals surface area contributed by atoms with Crippen LogP contribution >= 0.6 is 22.9 Å². The highest BCUT2D eigenvalue weighted by molar-refractivity contribution is 7.10. The number of nitrogens with zero attached hydrogens (tertiary/aromatic N) is 2. The fourth-order valence-electron chi connectivity index (χ4n) is 2.02. The van der Waals surface area contributed by atoms with E-state index < -0.39 is 0 Å². The number of rotatable bonds is 1. The van der Waals surface area contributed by atoms with Gasteiger partial charge in [-0.1, -0.05) is 11.6 Å². The first-order valence-corrected chi connectivity index (χ1v) is 6.59. The lowest BCUT2D eigenvalue weighted by Gasteiger charge is -2.01. The van der Waals surface area contributed by atoms with E-state index in [0.717, 1.165) is 21.9 Å². The van der Waals surface area contributed by atoms with E-state index in [9.17, 15) is 0 Å². The maximum atomic E-state index is 6.02. The highest BCUT2D eigenvalue weighted by Crippen LogP contribution is 2.30. The summed E-state index contributed by atoms with van der Waals surface area (Å²) < 4.78 is 2.09. The third-order valence-electron chi connectivity index (χ3n) is 2.94. The topological polar surface area (TPSA) is 17.8 Å². The average Bonchev–Trinajstić information content (AvgIpc) is 2.84. The number of imidazole rings is 1. The number of thiophene rings is 1. The van der Waals surface area contributed by atoms with Gasteiger partial charge < -0.3 is 4.57 Å². The zero-order valence-electron chi connectivity index (χ0n) is 9.57. The molecule has 17 heavy (non-hydrogen) atoms. The molecule has 86 valence electrons. The predicted molar refractivity (Wildman–Crippen MR) is 73.8 cm³/mol. The molecule has 2 heterocycles. The Kier molecular flexibility index (Phi) is 2.45. The molecule has 0 unspecified atom stereocenters. The van der Waals surface area contributed by atoms with Crippen LogP contribution in [-0.4, -0.2) is 9.55 Å². The molecule has 1 aromatic carbocycles. The fourth-order valence-corrected chi connectivity index (χ4v) is 2.88. The molecule has 0 radical (unpaired) electrons. The van der Waals surface area contributed by atoms with Gasteiger partial charge in [0.2, 0.25) is 0 Å². The molecule has 0 aliphatic rings. The summed E-state index contributed by atoms with van der Waals surface area (Å²) in [6, 6.07) is 7.90. The Morgan fingerprint density at radius 1 is 1.29 bits per heavy atom. The van der Waals surface area contributed by atoms with Gasteiger partial charge in [0.1, 0.15) is 5.82 Å². The molecule has 0 spiro atoms. The van der Waals surface area contributed by atoms with Crippen LogP contribution in [0.25, 0.3) is 22.4 Å². The summed E-state index contributed by atoms with van der Waals surface area (Å²) in [5.74, 6) is 1.00. The zero-order valence-corrected chi connectivity index (χ0v) is 11.1. The molecule has 0 saturated carbocycles. The molecule has 0 amide bonds. The van der Waals surface area contributed by atoms with Crippen molar-refractivity contribution in [2.45, 2.75) is 6.92 Å². The van der Waals surface area contributed by atoms with E-state index in [1.807, 2.05) is 25.2 Å². The van der Waals surface area contributed by atoms with E-state index in [-0.39, 0.29) is 0 Å². The average molecular weight is 263 g/mol. The number of halogens is 1. The van der Waals surface area contributed by atoms with Crippen molar-refractivity contribution in [1.29, 1.82) is 0 Å². The molecule has 4 heteroatoms. The summed E-state index contributed by atoms with van der Waals surface area (Å²) in [6.45, 7) is 2.12. The van der Waals surface area contributed by atoms with Crippen LogP contribution in [0.15, 0.2) is 29.6 Å². The molecule has 0 aliphatic carbocycles. The van der Waals surface area contributed by atoms with Crippen molar-refractivity contribution >= 4 is 34.0 Å². The summed E-state index contributed by atoms with van der Waals surface area (Å²) in [4.78, 5) is 5.95. The molecule has 3 aromatic rings. The Labute approximate surface area is 108 Å². The van der Waals surface area contributed by atoms with Crippen molar-refractivity contribution in [2.24, 2.45) is 7.05 Å². The Balaban J connectivity index is 2.32. The summed E-state index contributed by atoms with van der Waals surface area (Å²) in [6.07, 6.45) is 0. The van der Waals surface area contributed by atoms with E-state index >= 15 is 0 Å². The first kappa shape index (κ1) is 10.8. The number of benzene rings is 1. The molecular formula is C13H11ClN2S. The lowest BCUT2D eigenvalue weighted by Crippen LogP contribution is -1.92. The summed E-state index contributed by atoms with van der Waals surface area (Å²) in [5.41, 5.74) is 3.25. The number of hydrogen-bond acceptors (Lipinski definition) is 2. The first-order chi connectivity index (χ1) is 8.16. The molecule has 0 atom stereocenters. The van der Waals surface area contributed by atoms with Gasteiger partial charge in [-0.15, -0.1) is 11.3 Å². The third kappa shape index (κ3) is 1.66. The van der Waals surface area contributed by atoms with Gasteiger partial charge in [0.15, 0.2) is 0 Å². The number of aryl methyl sites for hydroxylation is 2. The highest BCUT2D eigenvalue weighted by Gasteiger charge is 2.12. The smallest absolute Gasteiger partial charge is 0.141 e. The minimum absolute atomic E-state index is 0.745. The van der Waals surface area contributed by atoms with Gasteiger partial charge in [-0.05, 0) is 36.6 Å². The van der Waals surface area contributed by atoms with Crippen molar-refractivity contribution < 1.29 is 0 Å². The van der Waals surface area contributed by atoms with Crippen LogP contribution in [0.2, 0.25) is 5.02 Å². The van der Waals surface area contributed by atoms with Crippen molar-refractivity contribution in [1.82, 2.24) is 9.55 Å². The zero-order chi connectivity index (χ0) is 12.0. The van der Waals surface area contributed by atoms with E-state index in [2.05, 4.69) is 27.9 Å². The molecule has 0 fully saturated rings. The van der Waals surface area contributed by atoms with Crippen LogP contribution in [-0.2, 0) is 7.05 Å². The number of aromatic nitrogens is 2. The van der Waals surface area contributed by atoms with Crippen molar-refractivity contribution in [3.05, 3.63) is 39.5 Å². The second-order valence-electron chi connectivity index (χ2n) is 4.02. The van der Waals surface area contributed by atoms with E-state index in [1.165, 1.54) is 10.4 Å². The first-order valence-electron chi connectivity index (χ1n) is 5.33. The van der Waals surface area contributed by atoms with Crippen LogP contribution in [0, 0.1) is 6.92 Å². The van der Waals surface area contributed by atoms with E-state index in [0.29, 0.717) is 0 Å². The second-order valence-corrected chi connectivity index (χ2v) is 5.57. The van der Waals surface area contributed by atoms with Gasteiger partial charge in [0, 0.05) is 22.5 Å². The summed E-state index contributed by atoms with van der Waals surface area (Å²) in [5, 5.41) is 2.84. The Morgan fingerprint density at radius 3 is 2.82 bits per heavy atom. The minimum atomic E-state index is 0.745. The number of fused-ring (bicyclic) bond motifs is 1. The predicted octanol–water partition coefficient (Wildman–Crippen LogP) is 4.26. The van der Waals surface area contributed by atoms with Crippen LogP contribution in [0.4, 0.5) is 0 Å². The summed E-state index contributed by atoms with van der Waals surface area (Å²) in [7, 11) is 2.03. The molecule has 2 nitrogen and oxygen atoms in total. The van der Waals surface area contributed by atoms with E-state index in [4.69, 9.17) is 11.6 Å². The Bertz CT molecular complexity index is 697. The minimum Gasteiger partial charge on any atom is -0.327 e. The van der Waals surface area contributed by atoms with E-state index in [1.54, 1.807) is 11.3 Å². The normalized spacial score (nSPS) is 11.2. The van der Waals surface area contributed by atoms with Crippen molar-refractivity contribution in [2.75, 3.05) is 0 Å². The molecule has 3 rings (SSSR count). The molecule has 0 bridgehead atoms. The van der Waals surface area contributed by atoms with Crippen molar-refractivity contribution in [3.63, 3.8) is 0 Å². The number of hydrogen-bond donors (Lipinski definition) is 0. The highest BCUT2D eigenvalue weighted by atomic mass is 35.5. The quantitative estimate of drug-likeness (QED) is 0.641. The molecule has 0 aliphatic heterocycles. The SMILES string of the molecule is Cc1sccc1-c1nc2ccc(Cl)cc2n1C. The van der Waals surface area contributed by atoms with Crippen molar-refractivity contribution in [3.8, 4) is 11.4 Å². The monoisotopic (exact) mass is 262 g/mol. The largest absolute Gasteiger partial charge is 0.327 e. The van der Waals surface area contributed by atoms with Gasteiger partial charge >= 0.3 is 0 Å². The lowest BCUT2D eigenvalue weighted by molar-refractivity contribution is 0.959. The van der Waals surface area contributed by atoms with Gasteiger partial charge in [0.25, 0.3) is 0 Å².